The molecule has 84 valence electrons. The van der Waals surface area contributed by atoms with Crippen molar-refractivity contribution in [3.8, 4) is 5.75 Å². The Morgan fingerprint density at radius 1 is 1.31 bits per heavy atom. The highest BCUT2D eigenvalue weighted by molar-refractivity contribution is 5.49. The monoisotopic (exact) mass is 217 g/mol. The van der Waals surface area contributed by atoms with Crippen LogP contribution in [0.2, 0.25) is 0 Å². The van der Waals surface area contributed by atoms with Gasteiger partial charge in [-0.1, -0.05) is 0 Å². The summed E-state index contributed by atoms with van der Waals surface area (Å²) >= 11 is 0. The molecule has 0 N–H and O–H groups in total. The van der Waals surface area contributed by atoms with Gasteiger partial charge in [0.25, 0.3) is 0 Å². The van der Waals surface area contributed by atoms with Crippen LogP contribution in [0.1, 0.15) is 29.5 Å². The van der Waals surface area contributed by atoms with Crippen molar-refractivity contribution in [2.75, 3.05) is 7.11 Å². The summed E-state index contributed by atoms with van der Waals surface area (Å²) < 4.78 is 5.32. The molecule has 1 aromatic carbocycles. The summed E-state index contributed by atoms with van der Waals surface area (Å²) in [5.74, 6) is 0.912. The van der Waals surface area contributed by atoms with E-state index in [4.69, 9.17) is 4.74 Å². The maximum absolute atomic E-state index is 10.4. The third kappa shape index (κ3) is 1.63. The van der Waals surface area contributed by atoms with Crippen LogP contribution < -0.4 is 4.74 Å². The van der Waals surface area contributed by atoms with Crippen molar-refractivity contribution >= 4 is 6.08 Å². The highest BCUT2D eigenvalue weighted by Crippen LogP contribution is 2.50. The van der Waals surface area contributed by atoms with E-state index in [9.17, 15) is 4.79 Å². The minimum absolute atomic E-state index is 0.288. The van der Waals surface area contributed by atoms with Gasteiger partial charge in [0.2, 0.25) is 6.08 Å². The van der Waals surface area contributed by atoms with E-state index in [0.717, 1.165) is 35.3 Å². The molecule has 0 aliphatic heterocycles. The fraction of sp³-hybridized carbons (Fsp3) is 0.462. The number of hydrogen-bond acceptors (Lipinski definition) is 3. The molecule has 1 aliphatic rings. The summed E-state index contributed by atoms with van der Waals surface area (Å²) in [7, 11) is 1.67. The third-order valence-electron chi connectivity index (χ3n) is 3.19. The van der Waals surface area contributed by atoms with Crippen molar-refractivity contribution in [2.24, 2.45) is 4.99 Å². The number of methoxy groups -OCH3 is 1. The zero-order chi connectivity index (χ0) is 11.8. The van der Waals surface area contributed by atoms with Crippen molar-refractivity contribution in [3.05, 3.63) is 28.8 Å². The third-order valence-corrected chi connectivity index (χ3v) is 3.19. The van der Waals surface area contributed by atoms with E-state index in [2.05, 4.69) is 17.1 Å². The number of isocyanates is 1. The Hall–Kier alpha value is -1.60. The maximum atomic E-state index is 10.4. The van der Waals surface area contributed by atoms with Gasteiger partial charge in [0.1, 0.15) is 5.75 Å². The van der Waals surface area contributed by atoms with Crippen LogP contribution in [0.5, 0.6) is 5.75 Å². The maximum Gasteiger partial charge on any atom is 0.235 e. The summed E-state index contributed by atoms with van der Waals surface area (Å²) in [5, 5.41) is 0. The summed E-state index contributed by atoms with van der Waals surface area (Å²) in [6, 6.07) is 4.11. The van der Waals surface area contributed by atoms with Crippen molar-refractivity contribution in [3.63, 3.8) is 0 Å². The van der Waals surface area contributed by atoms with Crippen LogP contribution in [0.4, 0.5) is 0 Å². The summed E-state index contributed by atoms with van der Waals surface area (Å²) in [4.78, 5) is 14.3. The number of rotatable bonds is 3. The van der Waals surface area contributed by atoms with Gasteiger partial charge in [-0.25, -0.2) is 4.79 Å². The van der Waals surface area contributed by atoms with E-state index in [1.54, 1.807) is 13.2 Å². The molecule has 0 atom stereocenters. The molecule has 1 fully saturated rings. The van der Waals surface area contributed by atoms with E-state index in [0.29, 0.717) is 0 Å². The lowest BCUT2D eigenvalue weighted by molar-refractivity contribution is 0.408. The summed E-state index contributed by atoms with van der Waals surface area (Å²) in [5.41, 5.74) is 2.99. The molecule has 0 spiro atoms. The molecule has 2 rings (SSSR count). The molecule has 0 bridgehead atoms. The van der Waals surface area contributed by atoms with E-state index >= 15 is 0 Å². The first-order valence-electron chi connectivity index (χ1n) is 5.38. The largest absolute Gasteiger partial charge is 0.496 e. The molecular formula is C13H15NO2. The van der Waals surface area contributed by atoms with E-state index in [-0.39, 0.29) is 5.54 Å². The molecule has 0 saturated heterocycles. The lowest BCUT2D eigenvalue weighted by atomic mass is 9.99. The number of nitrogens with zero attached hydrogens (tertiary/aromatic N) is 1. The number of carbonyl (C=O) groups excluding carboxylic acids is 1. The number of ether oxygens (including phenoxy) is 1. The van der Waals surface area contributed by atoms with E-state index in [1.165, 1.54) is 0 Å². The Balaban J connectivity index is 2.48. The van der Waals surface area contributed by atoms with Gasteiger partial charge >= 0.3 is 0 Å². The summed E-state index contributed by atoms with van der Waals surface area (Å²) in [6.45, 7) is 4.02. The van der Waals surface area contributed by atoms with Gasteiger partial charge in [-0.3, -0.25) is 0 Å². The van der Waals surface area contributed by atoms with Crippen molar-refractivity contribution < 1.29 is 9.53 Å². The zero-order valence-corrected chi connectivity index (χ0v) is 9.83. The van der Waals surface area contributed by atoms with Gasteiger partial charge in [-0.15, -0.1) is 0 Å². The lowest BCUT2D eigenvalue weighted by Crippen LogP contribution is -2.04. The molecule has 1 aliphatic carbocycles. The normalized spacial score (nSPS) is 16.4. The Labute approximate surface area is 95.2 Å². The van der Waals surface area contributed by atoms with Crippen molar-refractivity contribution in [1.29, 1.82) is 0 Å². The molecule has 16 heavy (non-hydrogen) atoms. The van der Waals surface area contributed by atoms with Gasteiger partial charge in [0.15, 0.2) is 0 Å². The first-order chi connectivity index (χ1) is 7.63. The van der Waals surface area contributed by atoms with Crippen LogP contribution in [0.15, 0.2) is 17.1 Å². The fourth-order valence-electron chi connectivity index (χ4n) is 2.21. The SMILES string of the molecule is COc1c(C)cc(C2(N=C=O)CC2)cc1C. The predicted octanol–water partition coefficient (Wildman–Crippen LogP) is 2.64. The topological polar surface area (TPSA) is 38.7 Å². The second kappa shape index (κ2) is 3.76. The highest BCUT2D eigenvalue weighted by atomic mass is 16.5. The summed E-state index contributed by atoms with van der Waals surface area (Å²) in [6.07, 6.45) is 3.56. The van der Waals surface area contributed by atoms with E-state index in [1.807, 2.05) is 13.8 Å². The average Bonchev–Trinajstić information content (AvgIpc) is 2.99. The minimum atomic E-state index is -0.288. The molecular weight excluding hydrogens is 202 g/mol. The predicted molar refractivity (Wildman–Crippen MR) is 61.5 cm³/mol. The Kier molecular flexibility index (Phi) is 2.56. The molecule has 3 heteroatoms. The Bertz CT molecular complexity index is 446. The molecule has 0 radical (unpaired) electrons. The number of benzene rings is 1. The lowest BCUT2D eigenvalue weighted by Gasteiger charge is -2.14. The first-order valence-corrected chi connectivity index (χ1v) is 5.38. The minimum Gasteiger partial charge on any atom is -0.496 e. The molecule has 3 nitrogen and oxygen atoms in total. The quantitative estimate of drug-likeness (QED) is 0.576. The van der Waals surface area contributed by atoms with Gasteiger partial charge in [0, 0.05) is 0 Å². The molecule has 0 unspecified atom stereocenters. The van der Waals surface area contributed by atoms with Crippen LogP contribution in [0, 0.1) is 13.8 Å². The van der Waals surface area contributed by atoms with Crippen LogP contribution in [-0.2, 0) is 10.3 Å². The van der Waals surface area contributed by atoms with Gasteiger partial charge in [-0.05, 0) is 55.5 Å². The molecule has 0 aromatic heterocycles. The standard InChI is InChI=1S/C13H15NO2/c1-9-6-11(7-10(2)12(9)16-3)13(4-5-13)14-8-15/h6-7H,4-5H2,1-3H3. The smallest absolute Gasteiger partial charge is 0.235 e. The second-order valence-electron chi connectivity index (χ2n) is 4.38. The van der Waals surface area contributed by atoms with Crippen molar-refractivity contribution in [2.45, 2.75) is 32.2 Å². The van der Waals surface area contributed by atoms with Gasteiger partial charge < -0.3 is 4.74 Å². The Morgan fingerprint density at radius 2 is 1.88 bits per heavy atom. The zero-order valence-electron chi connectivity index (χ0n) is 9.83. The number of hydrogen-bond donors (Lipinski definition) is 0. The fourth-order valence-corrected chi connectivity index (χ4v) is 2.21. The van der Waals surface area contributed by atoms with Gasteiger partial charge in [0.05, 0.1) is 12.6 Å². The number of aryl methyl sites for hydroxylation is 2. The average molecular weight is 217 g/mol. The highest BCUT2D eigenvalue weighted by Gasteiger charge is 2.45. The molecule has 0 amide bonds. The number of aliphatic imine (C=N–C) groups is 1. The van der Waals surface area contributed by atoms with E-state index < -0.39 is 0 Å². The first kappa shape index (κ1) is 10.9. The van der Waals surface area contributed by atoms with Crippen LogP contribution >= 0.6 is 0 Å². The molecule has 1 aromatic rings. The molecule has 1 saturated carbocycles. The van der Waals surface area contributed by atoms with Crippen LogP contribution in [0.25, 0.3) is 0 Å². The molecule has 0 heterocycles. The van der Waals surface area contributed by atoms with Gasteiger partial charge in [-0.2, -0.15) is 4.99 Å². The van der Waals surface area contributed by atoms with Crippen LogP contribution in [0.3, 0.4) is 0 Å². The Morgan fingerprint density at radius 3 is 2.25 bits per heavy atom. The second-order valence-corrected chi connectivity index (χ2v) is 4.38. The van der Waals surface area contributed by atoms with Crippen LogP contribution in [-0.4, -0.2) is 13.2 Å². The van der Waals surface area contributed by atoms with Crippen molar-refractivity contribution in [1.82, 2.24) is 0 Å².